The number of hydrogen-bond donors (Lipinski definition) is 1. The Balaban J connectivity index is 1.90. The number of benzene rings is 1. The number of fused-ring (bicyclic) bond motifs is 1. The Bertz CT molecular complexity index is 624. The van der Waals surface area contributed by atoms with E-state index in [2.05, 4.69) is 53.3 Å². The minimum atomic E-state index is 0.819. The summed E-state index contributed by atoms with van der Waals surface area (Å²) in [4.78, 5) is 11.6. The molecule has 110 valence electrons. The third-order valence-corrected chi connectivity index (χ3v) is 3.99. The summed E-state index contributed by atoms with van der Waals surface area (Å²) in [6, 6.07) is 8.56. The highest BCUT2D eigenvalue weighted by Crippen LogP contribution is 2.31. The third-order valence-electron chi connectivity index (χ3n) is 3.99. The fourth-order valence-electron chi connectivity index (χ4n) is 2.78. The van der Waals surface area contributed by atoms with Crippen LogP contribution in [0.15, 0.2) is 30.5 Å². The van der Waals surface area contributed by atoms with Crippen molar-refractivity contribution in [3.63, 3.8) is 0 Å². The molecule has 0 radical (unpaired) electrons. The summed E-state index contributed by atoms with van der Waals surface area (Å²) >= 11 is 0. The first-order chi connectivity index (χ1) is 10.3. The molecule has 0 fully saturated rings. The van der Waals surface area contributed by atoms with Gasteiger partial charge in [-0.25, -0.2) is 9.97 Å². The van der Waals surface area contributed by atoms with Gasteiger partial charge < -0.3 is 10.2 Å². The van der Waals surface area contributed by atoms with Gasteiger partial charge in [-0.3, -0.25) is 0 Å². The maximum absolute atomic E-state index is 4.72. The van der Waals surface area contributed by atoms with Crippen LogP contribution in [0.4, 0.5) is 11.6 Å². The number of aromatic nitrogens is 2. The van der Waals surface area contributed by atoms with E-state index in [1.165, 1.54) is 16.8 Å². The second kappa shape index (κ2) is 6.22. The summed E-state index contributed by atoms with van der Waals surface area (Å²) in [5.74, 6) is 0.819. The Hall–Kier alpha value is -1.94. The van der Waals surface area contributed by atoms with Gasteiger partial charge in [0.05, 0.1) is 0 Å². The van der Waals surface area contributed by atoms with Crippen LogP contribution >= 0.6 is 0 Å². The lowest BCUT2D eigenvalue weighted by atomic mass is 10.0. The fraction of sp³-hybridized carbons (Fsp3) is 0.412. The van der Waals surface area contributed by atoms with Gasteiger partial charge in [-0.15, -0.1) is 0 Å². The van der Waals surface area contributed by atoms with Gasteiger partial charge in [0.15, 0.2) is 0 Å². The van der Waals surface area contributed by atoms with E-state index in [0.29, 0.717) is 0 Å². The van der Waals surface area contributed by atoms with Gasteiger partial charge in [0, 0.05) is 36.2 Å². The second-order valence-corrected chi connectivity index (χ2v) is 5.44. The Morgan fingerprint density at radius 1 is 1.29 bits per heavy atom. The molecule has 0 bridgehead atoms. The van der Waals surface area contributed by atoms with Crippen LogP contribution in [-0.4, -0.2) is 23.1 Å². The van der Waals surface area contributed by atoms with Gasteiger partial charge in [0.2, 0.25) is 5.95 Å². The zero-order chi connectivity index (χ0) is 14.7. The van der Waals surface area contributed by atoms with Gasteiger partial charge >= 0.3 is 0 Å². The summed E-state index contributed by atoms with van der Waals surface area (Å²) in [5.41, 5.74) is 4.87. The second-order valence-electron chi connectivity index (χ2n) is 5.44. The Morgan fingerprint density at radius 2 is 2.14 bits per heavy atom. The number of rotatable bonds is 4. The van der Waals surface area contributed by atoms with Crippen molar-refractivity contribution in [2.75, 3.05) is 18.0 Å². The van der Waals surface area contributed by atoms with Crippen molar-refractivity contribution >= 4 is 11.6 Å². The highest BCUT2D eigenvalue weighted by Gasteiger charge is 2.20. The predicted octanol–water partition coefficient (Wildman–Crippen LogP) is 2.98. The molecule has 0 saturated heterocycles. The highest BCUT2D eigenvalue weighted by molar-refractivity contribution is 5.63. The summed E-state index contributed by atoms with van der Waals surface area (Å²) in [7, 11) is 0. The van der Waals surface area contributed by atoms with Crippen molar-refractivity contribution in [3.8, 4) is 0 Å². The van der Waals surface area contributed by atoms with Crippen molar-refractivity contribution < 1.29 is 0 Å². The van der Waals surface area contributed by atoms with E-state index in [4.69, 9.17) is 4.98 Å². The first-order valence-electron chi connectivity index (χ1n) is 7.68. The Morgan fingerprint density at radius 3 is 2.95 bits per heavy atom. The van der Waals surface area contributed by atoms with Gasteiger partial charge in [0.1, 0.15) is 0 Å². The predicted molar refractivity (Wildman–Crippen MR) is 85.9 cm³/mol. The van der Waals surface area contributed by atoms with Crippen molar-refractivity contribution in [2.45, 2.75) is 33.2 Å². The first kappa shape index (κ1) is 14.0. The number of anilines is 2. The number of aryl methyl sites for hydroxylation is 2. The van der Waals surface area contributed by atoms with Crippen LogP contribution in [0.2, 0.25) is 0 Å². The van der Waals surface area contributed by atoms with Gasteiger partial charge in [0.25, 0.3) is 0 Å². The highest BCUT2D eigenvalue weighted by atomic mass is 15.3. The Kier molecular flexibility index (Phi) is 4.15. The number of nitrogens with zero attached hydrogens (tertiary/aromatic N) is 3. The molecule has 0 aliphatic carbocycles. The quantitative estimate of drug-likeness (QED) is 0.936. The van der Waals surface area contributed by atoms with E-state index < -0.39 is 0 Å². The van der Waals surface area contributed by atoms with E-state index >= 15 is 0 Å². The molecule has 0 spiro atoms. The molecule has 0 saturated carbocycles. The lowest BCUT2D eigenvalue weighted by Gasteiger charge is -2.29. The van der Waals surface area contributed by atoms with Crippen LogP contribution in [0, 0.1) is 6.92 Å². The molecule has 4 heteroatoms. The van der Waals surface area contributed by atoms with E-state index in [0.717, 1.165) is 44.1 Å². The molecule has 1 N–H and O–H groups in total. The molecular formula is C17H22N4. The molecule has 0 unspecified atom stereocenters. The smallest absolute Gasteiger partial charge is 0.230 e. The number of nitrogens with one attached hydrogen (secondary N) is 1. The van der Waals surface area contributed by atoms with Gasteiger partial charge in [-0.05, 0) is 37.9 Å². The molecule has 2 heterocycles. The topological polar surface area (TPSA) is 41.1 Å². The number of hydrogen-bond acceptors (Lipinski definition) is 4. The third kappa shape index (κ3) is 2.90. The first-order valence-corrected chi connectivity index (χ1v) is 7.68. The molecular weight excluding hydrogens is 260 g/mol. The van der Waals surface area contributed by atoms with E-state index in [1.54, 1.807) is 0 Å². The maximum Gasteiger partial charge on any atom is 0.230 e. The lowest BCUT2D eigenvalue weighted by Crippen LogP contribution is -2.26. The molecule has 0 amide bonds. The van der Waals surface area contributed by atoms with Crippen LogP contribution in [0.25, 0.3) is 0 Å². The number of para-hydroxylation sites is 1. The minimum Gasteiger partial charge on any atom is -0.313 e. The van der Waals surface area contributed by atoms with Crippen molar-refractivity contribution in [2.24, 2.45) is 0 Å². The minimum absolute atomic E-state index is 0.819. The molecule has 1 aliphatic rings. The zero-order valence-electron chi connectivity index (χ0n) is 12.8. The average Bonchev–Trinajstić information content (AvgIpc) is 2.53. The van der Waals surface area contributed by atoms with Gasteiger partial charge in [-0.2, -0.15) is 0 Å². The molecule has 0 atom stereocenters. The van der Waals surface area contributed by atoms with Crippen molar-refractivity contribution in [1.82, 2.24) is 15.3 Å². The monoisotopic (exact) mass is 282 g/mol. The van der Waals surface area contributed by atoms with Crippen LogP contribution in [-0.2, 0) is 13.0 Å². The molecule has 4 nitrogen and oxygen atoms in total. The summed E-state index contributed by atoms with van der Waals surface area (Å²) < 4.78 is 0. The standard InChI is InChI=1S/C17H22N4/c1-3-18-11-15-12-19-17(20-13(15)2)21-10-6-8-14-7-4-5-9-16(14)21/h4-5,7,9,12,18H,3,6,8,10-11H2,1-2H3. The molecule has 2 aromatic rings. The SMILES string of the molecule is CCNCc1cnc(N2CCCc3ccccc32)nc1C. The molecule has 3 rings (SSSR count). The van der Waals surface area contributed by atoms with Crippen LogP contribution < -0.4 is 10.2 Å². The summed E-state index contributed by atoms with van der Waals surface area (Å²) in [6.45, 7) is 6.95. The molecule has 1 aromatic carbocycles. The van der Waals surface area contributed by atoms with Crippen molar-refractivity contribution in [3.05, 3.63) is 47.3 Å². The average molecular weight is 282 g/mol. The van der Waals surface area contributed by atoms with Crippen LogP contribution in [0.3, 0.4) is 0 Å². The summed E-state index contributed by atoms with van der Waals surface area (Å²) in [6.07, 6.45) is 4.25. The molecule has 21 heavy (non-hydrogen) atoms. The lowest BCUT2D eigenvalue weighted by molar-refractivity contribution is 0.710. The van der Waals surface area contributed by atoms with E-state index in [9.17, 15) is 0 Å². The molecule has 1 aliphatic heterocycles. The maximum atomic E-state index is 4.72. The van der Waals surface area contributed by atoms with Gasteiger partial charge in [-0.1, -0.05) is 25.1 Å². The summed E-state index contributed by atoms with van der Waals surface area (Å²) in [5, 5.41) is 3.33. The Labute approximate surface area is 126 Å². The van der Waals surface area contributed by atoms with E-state index in [1.807, 2.05) is 6.20 Å². The normalized spacial score (nSPS) is 14.1. The largest absolute Gasteiger partial charge is 0.313 e. The zero-order valence-corrected chi connectivity index (χ0v) is 12.8. The molecule has 1 aromatic heterocycles. The van der Waals surface area contributed by atoms with Crippen LogP contribution in [0.5, 0.6) is 0 Å². The van der Waals surface area contributed by atoms with Crippen molar-refractivity contribution in [1.29, 1.82) is 0 Å². The fourth-order valence-corrected chi connectivity index (χ4v) is 2.78. The van der Waals surface area contributed by atoms with Crippen LogP contribution in [0.1, 0.15) is 30.2 Å². The van der Waals surface area contributed by atoms with E-state index in [-0.39, 0.29) is 0 Å².